The number of carbonyl (C=O) groups excluding carboxylic acids is 1. The van der Waals surface area contributed by atoms with Gasteiger partial charge in [0.15, 0.2) is 0 Å². The Morgan fingerprint density at radius 2 is 2.22 bits per heavy atom. The zero-order valence-electron chi connectivity index (χ0n) is 11.6. The predicted molar refractivity (Wildman–Crippen MR) is 69.4 cm³/mol. The second-order valence-corrected chi connectivity index (χ2v) is 5.60. The van der Waals surface area contributed by atoms with E-state index in [0.717, 1.165) is 38.2 Å². The highest BCUT2D eigenvalue weighted by Gasteiger charge is 2.34. The minimum absolute atomic E-state index is 0.184. The average molecular weight is 255 g/mol. The van der Waals surface area contributed by atoms with Gasteiger partial charge in [0.2, 0.25) is 0 Å². The van der Waals surface area contributed by atoms with Gasteiger partial charge in [0.05, 0.1) is 6.61 Å². The number of ether oxygens (including phenoxy) is 2. The molecule has 2 aliphatic rings. The van der Waals surface area contributed by atoms with Crippen LogP contribution in [0, 0.1) is 5.92 Å². The molecular formula is C14H25NO3. The van der Waals surface area contributed by atoms with Crippen molar-refractivity contribution in [3.8, 4) is 0 Å². The van der Waals surface area contributed by atoms with Crippen LogP contribution in [0.15, 0.2) is 0 Å². The summed E-state index contributed by atoms with van der Waals surface area (Å²) in [4.78, 5) is 14.5. The van der Waals surface area contributed by atoms with Crippen LogP contribution in [0.2, 0.25) is 0 Å². The van der Waals surface area contributed by atoms with Crippen LogP contribution in [0.25, 0.3) is 0 Å². The minimum atomic E-state index is -0.197. The van der Waals surface area contributed by atoms with Gasteiger partial charge in [-0.2, -0.15) is 0 Å². The normalized spacial score (nSPS) is 31.8. The molecule has 0 aromatic carbocycles. The van der Waals surface area contributed by atoms with Gasteiger partial charge in [-0.05, 0) is 38.0 Å². The summed E-state index contributed by atoms with van der Waals surface area (Å²) in [5, 5.41) is 0. The molecule has 0 aromatic rings. The molecule has 104 valence electrons. The summed E-state index contributed by atoms with van der Waals surface area (Å²) in [6, 6.07) is 0.395. The molecule has 4 nitrogen and oxygen atoms in total. The lowest BCUT2D eigenvalue weighted by atomic mass is 10.1. The van der Waals surface area contributed by atoms with Gasteiger partial charge in [0, 0.05) is 26.3 Å². The lowest BCUT2D eigenvalue weighted by Gasteiger charge is -2.31. The summed E-state index contributed by atoms with van der Waals surface area (Å²) in [7, 11) is 1.69. The van der Waals surface area contributed by atoms with E-state index in [1.165, 1.54) is 6.42 Å². The van der Waals surface area contributed by atoms with Crippen LogP contribution in [-0.4, -0.2) is 49.8 Å². The SMILES string of the molecule is COCCN(C(=O)[C@@H]1CCCO1)[C@H]1CC[C@H](C)C1. The summed E-state index contributed by atoms with van der Waals surface area (Å²) >= 11 is 0. The molecule has 0 radical (unpaired) electrons. The second kappa shape index (κ2) is 6.53. The van der Waals surface area contributed by atoms with Gasteiger partial charge < -0.3 is 14.4 Å². The Morgan fingerprint density at radius 1 is 1.39 bits per heavy atom. The fourth-order valence-electron chi connectivity index (χ4n) is 3.08. The zero-order chi connectivity index (χ0) is 13.0. The van der Waals surface area contributed by atoms with Gasteiger partial charge in [0.25, 0.3) is 5.91 Å². The van der Waals surface area contributed by atoms with E-state index in [1.54, 1.807) is 7.11 Å². The van der Waals surface area contributed by atoms with Crippen molar-refractivity contribution in [1.29, 1.82) is 0 Å². The Kier molecular flexibility index (Phi) is 5.01. The Morgan fingerprint density at radius 3 is 2.78 bits per heavy atom. The van der Waals surface area contributed by atoms with Crippen molar-refractivity contribution in [3.05, 3.63) is 0 Å². The number of amides is 1. The number of hydrogen-bond donors (Lipinski definition) is 0. The Balaban J connectivity index is 1.96. The van der Waals surface area contributed by atoms with E-state index in [0.29, 0.717) is 19.2 Å². The summed E-state index contributed by atoms with van der Waals surface area (Å²) in [6.07, 6.45) is 5.18. The number of carbonyl (C=O) groups is 1. The van der Waals surface area contributed by atoms with Crippen molar-refractivity contribution in [2.24, 2.45) is 5.92 Å². The molecule has 1 aliphatic heterocycles. The molecule has 0 unspecified atom stereocenters. The molecule has 0 spiro atoms. The van der Waals surface area contributed by atoms with Crippen LogP contribution >= 0.6 is 0 Å². The van der Waals surface area contributed by atoms with Crippen LogP contribution < -0.4 is 0 Å². The molecule has 3 atom stereocenters. The maximum Gasteiger partial charge on any atom is 0.252 e. The topological polar surface area (TPSA) is 38.8 Å². The summed E-state index contributed by atoms with van der Waals surface area (Å²) in [5.74, 6) is 0.918. The molecule has 2 rings (SSSR count). The number of nitrogens with zero attached hydrogens (tertiary/aromatic N) is 1. The lowest BCUT2D eigenvalue weighted by Crippen LogP contribution is -2.46. The van der Waals surface area contributed by atoms with Gasteiger partial charge >= 0.3 is 0 Å². The summed E-state index contributed by atoms with van der Waals surface area (Å²) in [6.45, 7) is 4.32. The first-order chi connectivity index (χ1) is 8.72. The fraction of sp³-hybridized carbons (Fsp3) is 0.929. The molecule has 2 fully saturated rings. The molecule has 1 saturated heterocycles. The highest BCUT2D eigenvalue weighted by atomic mass is 16.5. The van der Waals surface area contributed by atoms with E-state index in [-0.39, 0.29) is 12.0 Å². The fourth-order valence-corrected chi connectivity index (χ4v) is 3.08. The molecule has 1 amide bonds. The van der Waals surface area contributed by atoms with Gasteiger partial charge in [0.1, 0.15) is 6.10 Å². The second-order valence-electron chi connectivity index (χ2n) is 5.60. The van der Waals surface area contributed by atoms with E-state index in [9.17, 15) is 4.79 Å². The number of rotatable bonds is 5. The lowest BCUT2D eigenvalue weighted by molar-refractivity contribution is -0.144. The standard InChI is InChI=1S/C14H25NO3/c1-11-5-6-12(10-11)15(7-9-17-2)14(16)13-4-3-8-18-13/h11-13H,3-10H2,1-2H3/t11-,12-,13-/m0/s1. The van der Waals surface area contributed by atoms with Crippen LogP contribution in [0.1, 0.15) is 39.0 Å². The smallest absolute Gasteiger partial charge is 0.252 e. The van der Waals surface area contributed by atoms with Gasteiger partial charge in [-0.3, -0.25) is 4.79 Å². The first-order valence-electron chi connectivity index (χ1n) is 7.13. The van der Waals surface area contributed by atoms with Crippen LogP contribution in [0.3, 0.4) is 0 Å². The molecule has 1 saturated carbocycles. The number of methoxy groups -OCH3 is 1. The van der Waals surface area contributed by atoms with Crippen molar-refractivity contribution < 1.29 is 14.3 Å². The predicted octanol–water partition coefficient (Wildman–Crippen LogP) is 1.83. The van der Waals surface area contributed by atoms with Gasteiger partial charge in [-0.1, -0.05) is 6.92 Å². The van der Waals surface area contributed by atoms with E-state index < -0.39 is 0 Å². The molecule has 18 heavy (non-hydrogen) atoms. The largest absolute Gasteiger partial charge is 0.383 e. The minimum Gasteiger partial charge on any atom is -0.383 e. The molecule has 0 N–H and O–H groups in total. The van der Waals surface area contributed by atoms with Crippen molar-refractivity contribution in [3.63, 3.8) is 0 Å². The molecule has 1 aliphatic carbocycles. The monoisotopic (exact) mass is 255 g/mol. The van der Waals surface area contributed by atoms with Crippen LogP contribution in [0.5, 0.6) is 0 Å². The van der Waals surface area contributed by atoms with E-state index in [2.05, 4.69) is 6.92 Å². The molecule has 4 heteroatoms. The van der Waals surface area contributed by atoms with Crippen molar-refractivity contribution in [1.82, 2.24) is 4.90 Å². The third kappa shape index (κ3) is 3.23. The summed E-state index contributed by atoms with van der Waals surface area (Å²) < 4.78 is 10.7. The molecule has 0 bridgehead atoms. The number of hydrogen-bond acceptors (Lipinski definition) is 3. The molecule has 1 heterocycles. The maximum atomic E-state index is 12.5. The van der Waals surface area contributed by atoms with Gasteiger partial charge in [-0.25, -0.2) is 0 Å². The van der Waals surface area contributed by atoms with Crippen molar-refractivity contribution >= 4 is 5.91 Å². The Labute approximate surface area is 110 Å². The third-order valence-corrected chi connectivity index (χ3v) is 4.13. The maximum absolute atomic E-state index is 12.5. The first-order valence-corrected chi connectivity index (χ1v) is 7.13. The van der Waals surface area contributed by atoms with Crippen LogP contribution in [-0.2, 0) is 14.3 Å². The Hall–Kier alpha value is -0.610. The summed E-state index contributed by atoms with van der Waals surface area (Å²) in [5.41, 5.74) is 0. The highest BCUT2D eigenvalue weighted by molar-refractivity contribution is 5.81. The molecule has 0 aromatic heterocycles. The Bertz CT molecular complexity index is 276. The highest BCUT2D eigenvalue weighted by Crippen LogP contribution is 2.30. The van der Waals surface area contributed by atoms with E-state index in [1.807, 2.05) is 4.90 Å². The third-order valence-electron chi connectivity index (χ3n) is 4.13. The zero-order valence-corrected chi connectivity index (χ0v) is 11.6. The van der Waals surface area contributed by atoms with E-state index >= 15 is 0 Å². The molecular weight excluding hydrogens is 230 g/mol. The first kappa shape index (κ1) is 13.8. The van der Waals surface area contributed by atoms with Crippen molar-refractivity contribution in [2.45, 2.75) is 51.2 Å². The van der Waals surface area contributed by atoms with Crippen LogP contribution in [0.4, 0.5) is 0 Å². The van der Waals surface area contributed by atoms with E-state index in [4.69, 9.17) is 9.47 Å². The van der Waals surface area contributed by atoms with Gasteiger partial charge in [-0.15, -0.1) is 0 Å². The van der Waals surface area contributed by atoms with Crippen molar-refractivity contribution in [2.75, 3.05) is 26.9 Å². The average Bonchev–Trinajstić information content (AvgIpc) is 3.00. The quantitative estimate of drug-likeness (QED) is 0.752.